The molecule has 1 aromatic heterocycles. The lowest BCUT2D eigenvalue weighted by Crippen LogP contribution is -2.29. The van der Waals surface area contributed by atoms with Gasteiger partial charge in [-0.15, -0.1) is 0 Å². The maximum absolute atomic E-state index is 12.9. The minimum atomic E-state index is 0.0693. The predicted octanol–water partition coefficient (Wildman–Crippen LogP) is 3.91. The number of carbonyl (C=O) groups excluding carboxylic acids is 1. The molecule has 2 aromatic carbocycles. The number of benzene rings is 2. The van der Waals surface area contributed by atoms with Crippen LogP contribution in [0, 0.1) is 5.92 Å². The summed E-state index contributed by atoms with van der Waals surface area (Å²) < 4.78 is 5.86. The first-order valence-electron chi connectivity index (χ1n) is 9.05. The Hall–Kier alpha value is -2.72. The number of ether oxygens (including phenoxy) is 1. The summed E-state index contributed by atoms with van der Waals surface area (Å²) in [5.41, 5.74) is 1.87. The number of carbonyl (C=O) groups is 1. The Morgan fingerprint density at radius 1 is 1.08 bits per heavy atom. The molecular formula is C22H22N2O2. The van der Waals surface area contributed by atoms with E-state index in [1.807, 2.05) is 47.4 Å². The van der Waals surface area contributed by atoms with Crippen LogP contribution in [0.25, 0.3) is 10.8 Å². The van der Waals surface area contributed by atoms with Gasteiger partial charge in [-0.3, -0.25) is 9.78 Å². The predicted molar refractivity (Wildman–Crippen MR) is 102 cm³/mol. The molecule has 26 heavy (non-hydrogen) atoms. The van der Waals surface area contributed by atoms with Crippen molar-refractivity contribution in [2.75, 3.05) is 19.7 Å². The van der Waals surface area contributed by atoms with Crippen LogP contribution >= 0.6 is 0 Å². The quantitative estimate of drug-likeness (QED) is 0.703. The summed E-state index contributed by atoms with van der Waals surface area (Å²) in [4.78, 5) is 19.1. The molecule has 1 atom stereocenters. The van der Waals surface area contributed by atoms with Crippen LogP contribution in [-0.4, -0.2) is 35.5 Å². The standard InChI is InChI=1S/C22H22N2O2/c25-22(21-13-23-12-19-8-4-5-9-20(19)21)24-11-10-18(14-24)16-26-15-17-6-2-1-3-7-17/h1-9,12-13,18H,10-11,14-16H2/t18-/m0/s1. The number of fused-ring (bicyclic) bond motifs is 1. The molecule has 0 aliphatic carbocycles. The van der Waals surface area contributed by atoms with E-state index in [2.05, 4.69) is 17.1 Å². The van der Waals surface area contributed by atoms with E-state index in [1.54, 1.807) is 12.4 Å². The Balaban J connectivity index is 1.36. The highest BCUT2D eigenvalue weighted by molar-refractivity contribution is 6.06. The third-order valence-electron chi connectivity index (χ3n) is 4.94. The van der Waals surface area contributed by atoms with E-state index in [-0.39, 0.29) is 5.91 Å². The molecule has 1 aliphatic rings. The van der Waals surface area contributed by atoms with Gasteiger partial charge in [0.25, 0.3) is 5.91 Å². The van der Waals surface area contributed by atoms with Crippen molar-refractivity contribution in [2.24, 2.45) is 5.92 Å². The number of likely N-dealkylation sites (tertiary alicyclic amines) is 1. The fourth-order valence-electron chi connectivity index (χ4n) is 3.53. The highest BCUT2D eigenvalue weighted by Gasteiger charge is 2.28. The van der Waals surface area contributed by atoms with Crippen molar-refractivity contribution in [3.05, 3.63) is 78.1 Å². The molecule has 1 aliphatic heterocycles. The number of hydrogen-bond acceptors (Lipinski definition) is 3. The number of amides is 1. The molecule has 1 amide bonds. The molecule has 0 radical (unpaired) electrons. The SMILES string of the molecule is O=C(c1cncc2ccccc12)N1CC[C@H](COCc2ccccc2)C1. The Morgan fingerprint density at radius 3 is 2.77 bits per heavy atom. The van der Waals surface area contributed by atoms with Crippen LogP contribution in [0.1, 0.15) is 22.3 Å². The van der Waals surface area contributed by atoms with Gasteiger partial charge >= 0.3 is 0 Å². The summed E-state index contributed by atoms with van der Waals surface area (Å²) in [6.07, 6.45) is 4.47. The summed E-state index contributed by atoms with van der Waals surface area (Å²) in [6, 6.07) is 18.1. The summed E-state index contributed by atoms with van der Waals surface area (Å²) >= 11 is 0. The fraction of sp³-hybridized carbons (Fsp3) is 0.273. The van der Waals surface area contributed by atoms with Crippen molar-refractivity contribution < 1.29 is 9.53 Å². The van der Waals surface area contributed by atoms with Crippen LogP contribution in [0.15, 0.2) is 67.0 Å². The van der Waals surface area contributed by atoms with E-state index in [9.17, 15) is 4.79 Å². The Kier molecular flexibility index (Phi) is 4.93. The van der Waals surface area contributed by atoms with Gasteiger partial charge in [0.05, 0.1) is 18.8 Å². The topological polar surface area (TPSA) is 42.4 Å². The molecule has 4 rings (SSSR count). The third kappa shape index (κ3) is 3.60. The first kappa shape index (κ1) is 16.7. The second-order valence-corrected chi connectivity index (χ2v) is 6.81. The smallest absolute Gasteiger partial charge is 0.256 e. The lowest BCUT2D eigenvalue weighted by Gasteiger charge is -2.17. The largest absolute Gasteiger partial charge is 0.376 e. The van der Waals surface area contributed by atoms with E-state index in [4.69, 9.17) is 4.74 Å². The minimum Gasteiger partial charge on any atom is -0.376 e. The van der Waals surface area contributed by atoms with Crippen molar-refractivity contribution in [3.63, 3.8) is 0 Å². The molecule has 0 saturated carbocycles. The molecule has 2 heterocycles. The van der Waals surface area contributed by atoms with Crippen molar-refractivity contribution in [1.29, 1.82) is 0 Å². The Bertz CT molecular complexity index is 890. The van der Waals surface area contributed by atoms with Gasteiger partial charge in [-0.25, -0.2) is 0 Å². The summed E-state index contributed by atoms with van der Waals surface area (Å²) in [5.74, 6) is 0.463. The first-order chi connectivity index (χ1) is 12.8. The van der Waals surface area contributed by atoms with E-state index in [0.717, 1.165) is 30.3 Å². The van der Waals surface area contributed by atoms with Crippen molar-refractivity contribution in [1.82, 2.24) is 9.88 Å². The molecule has 0 bridgehead atoms. The summed E-state index contributed by atoms with van der Waals surface area (Å²) in [5, 5.41) is 1.97. The molecule has 0 unspecified atom stereocenters. The molecule has 0 N–H and O–H groups in total. The molecule has 1 fully saturated rings. The fourth-order valence-corrected chi connectivity index (χ4v) is 3.53. The Labute approximate surface area is 153 Å². The van der Waals surface area contributed by atoms with Crippen LogP contribution < -0.4 is 0 Å². The maximum atomic E-state index is 12.9. The van der Waals surface area contributed by atoms with Crippen molar-refractivity contribution in [2.45, 2.75) is 13.0 Å². The maximum Gasteiger partial charge on any atom is 0.256 e. The average molecular weight is 346 g/mol. The molecule has 132 valence electrons. The van der Waals surface area contributed by atoms with Gasteiger partial charge in [-0.1, -0.05) is 54.6 Å². The van der Waals surface area contributed by atoms with Crippen LogP contribution in [0.2, 0.25) is 0 Å². The van der Waals surface area contributed by atoms with E-state index >= 15 is 0 Å². The van der Waals surface area contributed by atoms with Gasteiger partial charge in [-0.05, 0) is 17.4 Å². The highest BCUT2D eigenvalue weighted by atomic mass is 16.5. The lowest BCUT2D eigenvalue weighted by atomic mass is 10.1. The van der Waals surface area contributed by atoms with Gasteiger partial charge < -0.3 is 9.64 Å². The number of pyridine rings is 1. The second-order valence-electron chi connectivity index (χ2n) is 6.81. The third-order valence-corrected chi connectivity index (χ3v) is 4.94. The number of nitrogens with zero attached hydrogens (tertiary/aromatic N) is 2. The number of aromatic nitrogens is 1. The molecule has 4 heteroatoms. The second kappa shape index (κ2) is 7.67. The zero-order chi connectivity index (χ0) is 17.8. The molecular weight excluding hydrogens is 324 g/mol. The summed E-state index contributed by atoms with van der Waals surface area (Å²) in [6.45, 7) is 2.84. The molecule has 4 nitrogen and oxygen atoms in total. The van der Waals surface area contributed by atoms with Crippen molar-refractivity contribution >= 4 is 16.7 Å². The highest BCUT2D eigenvalue weighted by Crippen LogP contribution is 2.23. The zero-order valence-electron chi connectivity index (χ0n) is 14.7. The zero-order valence-corrected chi connectivity index (χ0v) is 14.7. The van der Waals surface area contributed by atoms with Gasteiger partial charge in [0.15, 0.2) is 0 Å². The van der Waals surface area contributed by atoms with Crippen LogP contribution in [0.4, 0.5) is 0 Å². The van der Waals surface area contributed by atoms with Crippen LogP contribution in [0.5, 0.6) is 0 Å². The number of hydrogen-bond donors (Lipinski definition) is 0. The van der Waals surface area contributed by atoms with E-state index < -0.39 is 0 Å². The minimum absolute atomic E-state index is 0.0693. The van der Waals surface area contributed by atoms with E-state index in [1.165, 1.54) is 5.56 Å². The lowest BCUT2D eigenvalue weighted by molar-refractivity contribution is 0.0734. The number of rotatable bonds is 5. The normalized spacial score (nSPS) is 16.9. The molecule has 3 aromatic rings. The monoisotopic (exact) mass is 346 g/mol. The van der Waals surface area contributed by atoms with Gasteiger partial charge in [0.2, 0.25) is 0 Å². The van der Waals surface area contributed by atoms with Gasteiger partial charge in [-0.2, -0.15) is 0 Å². The average Bonchev–Trinajstić information content (AvgIpc) is 3.17. The molecule has 0 spiro atoms. The van der Waals surface area contributed by atoms with Crippen LogP contribution in [-0.2, 0) is 11.3 Å². The van der Waals surface area contributed by atoms with E-state index in [0.29, 0.717) is 24.7 Å². The molecule has 1 saturated heterocycles. The Morgan fingerprint density at radius 2 is 1.88 bits per heavy atom. The first-order valence-corrected chi connectivity index (χ1v) is 9.05. The van der Waals surface area contributed by atoms with Gasteiger partial charge in [0, 0.05) is 36.8 Å². The van der Waals surface area contributed by atoms with Crippen molar-refractivity contribution in [3.8, 4) is 0 Å². The summed E-state index contributed by atoms with van der Waals surface area (Å²) in [7, 11) is 0. The van der Waals surface area contributed by atoms with Crippen LogP contribution in [0.3, 0.4) is 0 Å². The van der Waals surface area contributed by atoms with Gasteiger partial charge in [0.1, 0.15) is 0 Å².